The molecule has 1 unspecified atom stereocenters. The second-order valence-electron chi connectivity index (χ2n) is 11.4. The highest BCUT2D eigenvalue weighted by Crippen LogP contribution is 2.50. The zero-order valence-electron chi connectivity index (χ0n) is 20.7. The van der Waals surface area contributed by atoms with E-state index in [1.54, 1.807) is 0 Å². The van der Waals surface area contributed by atoms with Crippen LogP contribution in [-0.4, -0.2) is 52.2 Å². The van der Waals surface area contributed by atoms with Gasteiger partial charge in [0.25, 0.3) is 0 Å². The minimum atomic E-state index is 0.00419. The van der Waals surface area contributed by atoms with Crippen LogP contribution in [-0.2, 0) is 17.6 Å². The van der Waals surface area contributed by atoms with Crippen LogP contribution in [0.2, 0.25) is 0 Å². The Bertz CT molecular complexity index is 1470. The van der Waals surface area contributed by atoms with E-state index < -0.39 is 0 Å². The van der Waals surface area contributed by atoms with E-state index >= 15 is 0 Å². The summed E-state index contributed by atoms with van der Waals surface area (Å²) in [4.78, 5) is 21.5. The summed E-state index contributed by atoms with van der Waals surface area (Å²) in [6.45, 7) is 8.96. The predicted molar refractivity (Wildman–Crippen MR) is 138 cm³/mol. The van der Waals surface area contributed by atoms with E-state index in [-0.39, 0.29) is 11.3 Å². The first kappa shape index (κ1) is 21.6. The fraction of sp³-hybridized carbons (Fsp3) is 0.448. The minimum absolute atomic E-state index is 0.00419. The molecule has 182 valence electrons. The van der Waals surface area contributed by atoms with Gasteiger partial charge in [0, 0.05) is 48.2 Å². The number of aryl methyl sites for hydroxylation is 1. The van der Waals surface area contributed by atoms with E-state index in [2.05, 4.69) is 46.8 Å². The van der Waals surface area contributed by atoms with Gasteiger partial charge in [0.05, 0.1) is 11.7 Å². The van der Waals surface area contributed by atoms with Crippen molar-refractivity contribution in [3.63, 3.8) is 0 Å². The molecule has 7 nitrogen and oxygen atoms in total. The molecular formula is C29H30N6O. The molecule has 3 fully saturated rings. The number of carbonyl (C=O) groups is 1. The molecule has 4 aliphatic rings. The van der Waals surface area contributed by atoms with E-state index in [1.165, 1.54) is 30.2 Å². The van der Waals surface area contributed by atoms with Crippen LogP contribution < -0.4 is 4.90 Å². The molecule has 1 amide bonds. The van der Waals surface area contributed by atoms with Crippen molar-refractivity contribution in [3.8, 4) is 17.2 Å². The number of benzene rings is 1. The molecule has 2 aliphatic carbocycles. The molecule has 7 rings (SSSR count). The van der Waals surface area contributed by atoms with E-state index in [0.717, 1.165) is 84.8 Å². The van der Waals surface area contributed by atoms with Gasteiger partial charge in [0.1, 0.15) is 17.5 Å². The molecule has 2 saturated heterocycles. The van der Waals surface area contributed by atoms with Crippen molar-refractivity contribution in [2.45, 2.75) is 39.0 Å². The number of rotatable bonds is 4. The Morgan fingerprint density at radius 1 is 1.22 bits per heavy atom. The Kier molecular flexibility index (Phi) is 4.60. The Labute approximate surface area is 210 Å². The predicted octanol–water partition coefficient (Wildman–Crippen LogP) is 4.15. The number of fused-ring (bicyclic) bond motifs is 2. The van der Waals surface area contributed by atoms with Gasteiger partial charge in [-0.25, -0.2) is 4.98 Å². The van der Waals surface area contributed by atoms with Gasteiger partial charge < -0.3 is 9.80 Å². The molecule has 1 N–H and O–H groups in total. The minimum Gasteiger partial charge on any atom is -0.355 e. The third-order valence-electron chi connectivity index (χ3n) is 9.05. The van der Waals surface area contributed by atoms with Crippen LogP contribution in [0.15, 0.2) is 31.0 Å². The van der Waals surface area contributed by atoms with Crippen LogP contribution >= 0.6 is 0 Å². The lowest BCUT2D eigenvalue weighted by molar-refractivity contribution is -0.136. The maximum atomic E-state index is 12.1. The molecular weight excluding hydrogens is 448 g/mol. The van der Waals surface area contributed by atoms with Gasteiger partial charge in [-0.15, -0.1) is 0 Å². The zero-order valence-corrected chi connectivity index (χ0v) is 20.7. The molecule has 1 aromatic carbocycles. The number of nitrogens with zero attached hydrogens (tertiary/aromatic N) is 5. The number of hydrogen-bond acceptors (Lipinski definition) is 5. The normalized spacial score (nSPS) is 22.1. The lowest BCUT2D eigenvalue weighted by Gasteiger charge is -2.47. The average Bonchev–Trinajstić information content (AvgIpc) is 3.26. The van der Waals surface area contributed by atoms with Crippen LogP contribution in [0.4, 0.5) is 5.82 Å². The molecule has 7 heteroatoms. The number of likely N-dealkylation sites (tertiary alicyclic amines) is 1. The molecule has 1 atom stereocenters. The first-order valence-electron chi connectivity index (χ1n) is 13.1. The summed E-state index contributed by atoms with van der Waals surface area (Å²) in [6, 6.07) is 6.80. The Hall–Kier alpha value is -3.66. The van der Waals surface area contributed by atoms with Crippen LogP contribution in [0, 0.1) is 35.5 Å². The summed E-state index contributed by atoms with van der Waals surface area (Å²) < 4.78 is 0. The van der Waals surface area contributed by atoms with Crippen molar-refractivity contribution in [2.75, 3.05) is 31.1 Å². The van der Waals surface area contributed by atoms with Crippen LogP contribution in [0.25, 0.3) is 22.0 Å². The number of nitrogens with one attached hydrogen (secondary N) is 1. The van der Waals surface area contributed by atoms with Crippen molar-refractivity contribution in [2.24, 2.45) is 17.3 Å². The summed E-state index contributed by atoms with van der Waals surface area (Å²) in [7, 11) is 0. The maximum absolute atomic E-state index is 12.1. The number of carbonyl (C=O) groups excluding carboxylic acids is 1. The van der Waals surface area contributed by atoms with E-state index in [9.17, 15) is 10.1 Å². The number of pyridine rings is 1. The van der Waals surface area contributed by atoms with Crippen LogP contribution in [0.3, 0.4) is 0 Å². The van der Waals surface area contributed by atoms with E-state index in [0.29, 0.717) is 11.5 Å². The molecule has 3 aromatic rings. The van der Waals surface area contributed by atoms with Gasteiger partial charge in [-0.2, -0.15) is 10.4 Å². The van der Waals surface area contributed by atoms with Crippen LogP contribution in [0.5, 0.6) is 0 Å². The monoisotopic (exact) mass is 478 g/mol. The Morgan fingerprint density at radius 3 is 2.81 bits per heavy atom. The summed E-state index contributed by atoms with van der Waals surface area (Å²) in [5.41, 5.74) is 7.56. The molecule has 1 saturated carbocycles. The topological polar surface area (TPSA) is 88.9 Å². The molecule has 36 heavy (non-hydrogen) atoms. The van der Waals surface area contributed by atoms with Gasteiger partial charge in [-0.05, 0) is 79.7 Å². The van der Waals surface area contributed by atoms with Gasteiger partial charge in [-0.1, -0.05) is 12.6 Å². The number of anilines is 1. The number of amides is 1. The first-order chi connectivity index (χ1) is 17.5. The second-order valence-corrected chi connectivity index (χ2v) is 11.4. The van der Waals surface area contributed by atoms with Gasteiger partial charge >= 0.3 is 0 Å². The molecule has 1 spiro atoms. The lowest BCUT2D eigenvalue weighted by Crippen LogP contribution is -2.59. The number of aromatic nitrogens is 3. The van der Waals surface area contributed by atoms with Crippen molar-refractivity contribution >= 4 is 22.6 Å². The van der Waals surface area contributed by atoms with Crippen molar-refractivity contribution in [1.82, 2.24) is 20.1 Å². The number of hydrogen-bond donors (Lipinski definition) is 1. The maximum Gasteiger partial charge on any atom is 0.245 e. The van der Waals surface area contributed by atoms with Gasteiger partial charge in [-0.3, -0.25) is 9.89 Å². The van der Waals surface area contributed by atoms with Crippen molar-refractivity contribution in [1.29, 1.82) is 5.26 Å². The molecule has 0 radical (unpaired) electrons. The van der Waals surface area contributed by atoms with Crippen molar-refractivity contribution < 1.29 is 4.79 Å². The van der Waals surface area contributed by atoms with E-state index in [1.807, 2.05) is 11.1 Å². The van der Waals surface area contributed by atoms with Crippen LogP contribution in [0.1, 0.15) is 41.6 Å². The van der Waals surface area contributed by atoms with E-state index in [4.69, 9.17) is 4.98 Å². The fourth-order valence-electron chi connectivity index (χ4n) is 7.02. The summed E-state index contributed by atoms with van der Waals surface area (Å²) in [5, 5.41) is 19.1. The van der Waals surface area contributed by atoms with Gasteiger partial charge in [0.2, 0.25) is 5.91 Å². The highest BCUT2D eigenvalue weighted by molar-refractivity contribution is 5.99. The molecule has 0 bridgehead atoms. The first-order valence-corrected chi connectivity index (χ1v) is 13.1. The highest BCUT2D eigenvalue weighted by Gasteiger charge is 2.50. The number of H-pyrrole nitrogens is 1. The Balaban J connectivity index is 1.35. The summed E-state index contributed by atoms with van der Waals surface area (Å²) in [5.74, 6) is 2.26. The average molecular weight is 479 g/mol. The third-order valence-corrected chi connectivity index (χ3v) is 9.05. The number of nitriles is 1. The van der Waals surface area contributed by atoms with Crippen molar-refractivity contribution in [3.05, 3.63) is 53.4 Å². The zero-order chi connectivity index (χ0) is 24.6. The quantitative estimate of drug-likeness (QED) is 0.569. The molecule has 2 aromatic heterocycles. The summed E-state index contributed by atoms with van der Waals surface area (Å²) in [6.07, 6.45) is 8.95. The number of aromatic amines is 1. The Morgan fingerprint density at radius 2 is 2.06 bits per heavy atom. The molecule has 2 aliphatic heterocycles. The molecule has 4 heterocycles. The fourth-order valence-corrected chi connectivity index (χ4v) is 7.02. The highest BCUT2D eigenvalue weighted by atomic mass is 16.2. The summed E-state index contributed by atoms with van der Waals surface area (Å²) >= 11 is 0. The largest absolute Gasteiger partial charge is 0.355 e. The SMILES string of the molecule is C=CC(=O)N1CC2(CCN(c3nc4c(c(-c5c(C)ccc6[nH]ncc56)c3C#N)CC(C3CC3)C4)C2)C1. The second kappa shape index (κ2) is 7.67. The smallest absolute Gasteiger partial charge is 0.245 e. The third kappa shape index (κ3) is 3.13. The van der Waals surface area contributed by atoms with Gasteiger partial charge in [0.15, 0.2) is 0 Å². The standard InChI is InChI=1S/C29H30N6O/c1-3-25(36)35-15-29(16-35)8-9-34(14-29)28-21(12-30)27(20-10-19(18-5-6-18)11-24(20)32-28)26-17(2)4-7-23-22(26)13-31-33-23/h3-4,7,13,18-19H,1,5-6,8-11,14-16H2,2H3,(H,31,33). The lowest BCUT2D eigenvalue weighted by atomic mass is 9.79.